The lowest BCUT2D eigenvalue weighted by atomic mass is 10.3. The molecule has 0 radical (unpaired) electrons. The molecule has 1 heterocycles. The Bertz CT molecular complexity index is 774. The lowest BCUT2D eigenvalue weighted by Gasteiger charge is -2.07. The van der Waals surface area contributed by atoms with Crippen molar-refractivity contribution >= 4 is 71.8 Å². The predicted molar refractivity (Wildman–Crippen MR) is 90.2 cm³/mol. The zero-order chi connectivity index (χ0) is 14.9. The first-order chi connectivity index (χ1) is 9.29. The minimum atomic E-state index is -3.68. The van der Waals surface area contributed by atoms with Gasteiger partial charge in [-0.05, 0) is 46.3 Å². The van der Waals surface area contributed by atoms with Crippen molar-refractivity contribution in [3.05, 3.63) is 44.7 Å². The molecule has 106 valence electrons. The molecule has 0 aliphatic rings. The van der Waals surface area contributed by atoms with E-state index in [0.29, 0.717) is 20.1 Å². The van der Waals surface area contributed by atoms with E-state index in [0.717, 1.165) is 11.3 Å². The van der Waals surface area contributed by atoms with Crippen molar-refractivity contribution in [2.24, 2.45) is 5.73 Å². The molecule has 0 aliphatic heterocycles. The highest BCUT2D eigenvalue weighted by molar-refractivity contribution is 9.10. The summed E-state index contributed by atoms with van der Waals surface area (Å²) in [6.07, 6.45) is 0. The smallest absolute Gasteiger partial charge is 0.271 e. The highest BCUT2D eigenvalue weighted by atomic mass is 79.9. The molecule has 0 bridgehead atoms. The van der Waals surface area contributed by atoms with Crippen molar-refractivity contribution < 1.29 is 8.42 Å². The Hall–Kier alpha value is -0.670. The van der Waals surface area contributed by atoms with Crippen LogP contribution in [0.5, 0.6) is 0 Å². The fourth-order valence-corrected chi connectivity index (χ4v) is 4.19. The van der Waals surface area contributed by atoms with Crippen LogP contribution in [-0.2, 0) is 10.0 Å². The van der Waals surface area contributed by atoms with Crippen LogP contribution >= 0.6 is 51.1 Å². The molecule has 1 aromatic heterocycles. The Balaban J connectivity index is 2.30. The molecule has 0 unspecified atom stereocenters. The summed E-state index contributed by atoms with van der Waals surface area (Å²) < 4.78 is 27.7. The molecule has 0 saturated carbocycles. The van der Waals surface area contributed by atoms with Crippen molar-refractivity contribution in [3.8, 4) is 0 Å². The minimum absolute atomic E-state index is 0.138. The van der Waals surface area contributed by atoms with Gasteiger partial charge in [-0.2, -0.15) is 0 Å². The Labute approximate surface area is 139 Å². The van der Waals surface area contributed by atoms with E-state index < -0.39 is 10.0 Å². The topological polar surface area (TPSA) is 72.2 Å². The number of halogens is 2. The maximum absolute atomic E-state index is 12.2. The summed E-state index contributed by atoms with van der Waals surface area (Å²) in [5.41, 5.74) is 5.84. The average molecular weight is 412 g/mol. The first kappa shape index (κ1) is 15.7. The molecule has 9 heteroatoms. The summed E-state index contributed by atoms with van der Waals surface area (Å²) in [7, 11) is -3.68. The summed E-state index contributed by atoms with van der Waals surface area (Å²) in [4.78, 5) is 0.720. The molecular formula is C11H8BrClN2O2S3. The normalized spacial score (nSPS) is 11.3. The molecular weight excluding hydrogens is 404 g/mol. The maximum atomic E-state index is 12.2. The van der Waals surface area contributed by atoms with Crippen molar-refractivity contribution in [2.75, 3.05) is 4.72 Å². The van der Waals surface area contributed by atoms with Gasteiger partial charge < -0.3 is 5.73 Å². The van der Waals surface area contributed by atoms with Gasteiger partial charge in [0, 0.05) is 4.47 Å². The fourth-order valence-electron chi connectivity index (χ4n) is 1.36. The first-order valence-corrected chi connectivity index (χ1v) is 9.05. The Kier molecular flexibility index (Phi) is 4.70. The highest BCUT2D eigenvalue weighted by Crippen LogP contribution is 2.28. The molecule has 0 spiro atoms. The van der Waals surface area contributed by atoms with Crippen LogP contribution in [0.25, 0.3) is 0 Å². The van der Waals surface area contributed by atoms with Crippen molar-refractivity contribution in [3.63, 3.8) is 0 Å². The van der Waals surface area contributed by atoms with E-state index in [1.807, 2.05) is 0 Å². The number of benzene rings is 1. The summed E-state index contributed by atoms with van der Waals surface area (Å²) in [5.74, 6) is 0. The Morgan fingerprint density at radius 3 is 2.60 bits per heavy atom. The zero-order valence-electron chi connectivity index (χ0n) is 9.76. The molecule has 0 atom stereocenters. The van der Waals surface area contributed by atoms with Crippen LogP contribution in [0.4, 0.5) is 5.69 Å². The number of anilines is 1. The van der Waals surface area contributed by atoms with Gasteiger partial charge in [-0.3, -0.25) is 4.72 Å². The number of nitrogens with two attached hydrogens (primary N) is 1. The number of thiocarbonyl (C=S) groups is 1. The Morgan fingerprint density at radius 2 is 2.05 bits per heavy atom. The van der Waals surface area contributed by atoms with E-state index in [1.54, 1.807) is 18.2 Å². The SMILES string of the molecule is NC(=S)c1ccc(S(=O)(=O)Nc2ccc(Br)c(Cl)c2)s1. The van der Waals surface area contributed by atoms with E-state index in [1.165, 1.54) is 12.1 Å². The first-order valence-electron chi connectivity index (χ1n) is 5.17. The number of nitrogens with one attached hydrogen (secondary N) is 1. The Morgan fingerprint density at radius 1 is 1.35 bits per heavy atom. The highest BCUT2D eigenvalue weighted by Gasteiger charge is 2.18. The lowest BCUT2D eigenvalue weighted by molar-refractivity contribution is 0.603. The summed E-state index contributed by atoms with van der Waals surface area (Å²) in [6.45, 7) is 0. The molecule has 0 saturated heterocycles. The van der Waals surface area contributed by atoms with Crippen LogP contribution in [0.2, 0.25) is 5.02 Å². The largest absolute Gasteiger partial charge is 0.389 e. The number of sulfonamides is 1. The number of hydrogen-bond donors (Lipinski definition) is 2. The molecule has 4 nitrogen and oxygen atoms in total. The van der Waals surface area contributed by atoms with Crippen LogP contribution in [0.15, 0.2) is 39.0 Å². The maximum Gasteiger partial charge on any atom is 0.271 e. The quantitative estimate of drug-likeness (QED) is 0.754. The second-order valence-corrected chi connectivity index (χ2v) is 8.41. The van der Waals surface area contributed by atoms with Crippen LogP contribution < -0.4 is 10.5 Å². The molecule has 2 aromatic rings. The number of hydrogen-bond acceptors (Lipinski definition) is 4. The number of thiophene rings is 1. The number of rotatable bonds is 4. The van der Waals surface area contributed by atoms with Crippen LogP contribution in [0.1, 0.15) is 4.88 Å². The van der Waals surface area contributed by atoms with E-state index in [-0.39, 0.29) is 9.20 Å². The molecule has 1 aromatic carbocycles. The minimum Gasteiger partial charge on any atom is -0.389 e. The van der Waals surface area contributed by atoms with Crippen molar-refractivity contribution in [2.45, 2.75) is 4.21 Å². The third-order valence-electron chi connectivity index (χ3n) is 2.26. The molecule has 20 heavy (non-hydrogen) atoms. The third kappa shape index (κ3) is 3.50. The van der Waals surface area contributed by atoms with Gasteiger partial charge in [-0.25, -0.2) is 8.42 Å². The van der Waals surface area contributed by atoms with Gasteiger partial charge in [-0.1, -0.05) is 23.8 Å². The summed E-state index contributed by atoms with van der Waals surface area (Å²) >= 11 is 15.0. The molecule has 0 amide bonds. The van der Waals surface area contributed by atoms with E-state index in [4.69, 9.17) is 29.6 Å². The van der Waals surface area contributed by atoms with Gasteiger partial charge in [0.2, 0.25) is 0 Å². The average Bonchev–Trinajstić information content (AvgIpc) is 2.84. The van der Waals surface area contributed by atoms with Gasteiger partial charge in [0.15, 0.2) is 0 Å². The molecule has 3 N–H and O–H groups in total. The molecule has 0 aliphatic carbocycles. The van der Waals surface area contributed by atoms with Gasteiger partial charge in [0.1, 0.15) is 9.20 Å². The van der Waals surface area contributed by atoms with E-state index >= 15 is 0 Å². The third-order valence-corrected chi connectivity index (χ3v) is 6.83. The van der Waals surface area contributed by atoms with Crippen molar-refractivity contribution in [1.82, 2.24) is 0 Å². The lowest BCUT2D eigenvalue weighted by Crippen LogP contribution is -2.11. The second kappa shape index (κ2) is 5.98. The van der Waals surface area contributed by atoms with Gasteiger partial charge in [0.05, 0.1) is 15.6 Å². The van der Waals surface area contributed by atoms with Crippen LogP contribution in [-0.4, -0.2) is 13.4 Å². The summed E-state index contributed by atoms with van der Waals surface area (Å²) in [6, 6.07) is 7.83. The van der Waals surface area contributed by atoms with Gasteiger partial charge in [-0.15, -0.1) is 11.3 Å². The zero-order valence-corrected chi connectivity index (χ0v) is 14.6. The van der Waals surface area contributed by atoms with E-state index in [9.17, 15) is 8.42 Å². The van der Waals surface area contributed by atoms with Crippen molar-refractivity contribution in [1.29, 1.82) is 0 Å². The van der Waals surface area contributed by atoms with Crippen LogP contribution in [0.3, 0.4) is 0 Å². The molecule has 2 rings (SSSR count). The standard InChI is InChI=1S/C11H8BrClN2O2S3/c12-7-2-1-6(5-8(7)13)15-20(16,17)10-4-3-9(19-10)11(14)18/h1-5,15H,(H2,14,18). The second-order valence-electron chi connectivity index (χ2n) is 3.72. The summed E-state index contributed by atoms with van der Waals surface area (Å²) in [5, 5.41) is 0.417. The predicted octanol–water partition coefficient (Wildman–Crippen LogP) is 3.60. The van der Waals surface area contributed by atoms with Gasteiger partial charge >= 0.3 is 0 Å². The molecule has 0 fully saturated rings. The van der Waals surface area contributed by atoms with E-state index in [2.05, 4.69) is 20.7 Å². The monoisotopic (exact) mass is 410 g/mol. The fraction of sp³-hybridized carbons (Fsp3) is 0. The van der Waals surface area contributed by atoms with Crippen LogP contribution in [0, 0.1) is 0 Å². The van der Waals surface area contributed by atoms with Gasteiger partial charge in [0.25, 0.3) is 10.0 Å².